The van der Waals surface area contributed by atoms with Gasteiger partial charge in [-0.25, -0.2) is 0 Å². The summed E-state index contributed by atoms with van der Waals surface area (Å²) in [4.78, 5) is 0. The van der Waals surface area contributed by atoms with Gasteiger partial charge < -0.3 is 0 Å². The minimum absolute atomic E-state index is 0.347. The zero-order valence-corrected chi connectivity index (χ0v) is 7.23. The highest BCUT2D eigenvalue weighted by Crippen LogP contribution is 2.18. The molecule has 1 heteroatoms. The number of rotatable bonds is 1. The lowest BCUT2D eigenvalue weighted by Crippen LogP contribution is -1.83. The van der Waals surface area contributed by atoms with Crippen LogP contribution in [-0.2, 0) is 0 Å². The van der Waals surface area contributed by atoms with Crippen LogP contribution in [0.1, 0.15) is 23.3 Å². The maximum atomic E-state index is 4.33. The molecule has 0 saturated carbocycles. The van der Waals surface area contributed by atoms with Crippen molar-refractivity contribution in [3.05, 3.63) is 35.4 Å². The summed E-state index contributed by atoms with van der Waals surface area (Å²) in [6, 6.07) is 8.43. The van der Waals surface area contributed by atoms with Crippen molar-refractivity contribution in [1.82, 2.24) is 0 Å². The zero-order valence-electron chi connectivity index (χ0n) is 6.33. The fourth-order valence-electron chi connectivity index (χ4n) is 0.930. The molecule has 0 aromatic heterocycles. The summed E-state index contributed by atoms with van der Waals surface area (Å²) in [5.41, 5.74) is 2.60. The first kappa shape index (κ1) is 7.67. The van der Waals surface area contributed by atoms with Crippen molar-refractivity contribution in [1.29, 1.82) is 0 Å². The Morgan fingerprint density at radius 1 is 1.40 bits per heavy atom. The van der Waals surface area contributed by atoms with Crippen LogP contribution in [0.3, 0.4) is 0 Å². The van der Waals surface area contributed by atoms with Gasteiger partial charge in [-0.15, -0.1) is 0 Å². The lowest BCUT2D eigenvalue weighted by Gasteiger charge is -2.03. The fourth-order valence-corrected chi connectivity index (χ4v) is 1.09. The van der Waals surface area contributed by atoms with Gasteiger partial charge in [0.05, 0.1) is 0 Å². The molecule has 0 saturated heterocycles. The number of thiol groups is 1. The molecule has 1 aromatic rings. The van der Waals surface area contributed by atoms with Gasteiger partial charge in [-0.2, -0.15) is 12.6 Å². The number of benzene rings is 1. The third-order valence-electron chi connectivity index (χ3n) is 1.52. The van der Waals surface area contributed by atoms with Crippen LogP contribution in [0.15, 0.2) is 24.3 Å². The Hall–Kier alpha value is -0.430. The van der Waals surface area contributed by atoms with E-state index in [4.69, 9.17) is 0 Å². The summed E-state index contributed by atoms with van der Waals surface area (Å²) in [6.07, 6.45) is 0. The highest BCUT2D eigenvalue weighted by Gasteiger charge is 1.96. The quantitative estimate of drug-likeness (QED) is 0.588. The predicted molar refractivity (Wildman–Crippen MR) is 48.6 cm³/mol. The first-order chi connectivity index (χ1) is 4.70. The van der Waals surface area contributed by atoms with Gasteiger partial charge in [0.15, 0.2) is 0 Å². The molecule has 0 aliphatic rings. The van der Waals surface area contributed by atoms with Crippen LogP contribution in [0.25, 0.3) is 0 Å². The lowest BCUT2D eigenvalue weighted by atomic mass is 10.1. The maximum absolute atomic E-state index is 4.33. The minimum Gasteiger partial charge on any atom is -0.171 e. The van der Waals surface area contributed by atoms with E-state index in [1.165, 1.54) is 11.1 Å². The molecule has 0 heterocycles. The second kappa shape index (κ2) is 3.11. The Morgan fingerprint density at radius 2 is 2.10 bits per heavy atom. The van der Waals surface area contributed by atoms with Crippen molar-refractivity contribution in [2.45, 2.75) is 19.1 Å². The molecule has 1 aromatic carbocycles. The van der Waals surface area contributed by atoms with E-state index in [1.807, 2.05) is 0 Å². The maximum Gasteiger partial charge on any atom is 0.0238 e. The molecule has 1 atom stereocenters. The molecule has 1 rings (SSSR count). The first-order valence-electron chi connectivity index (χ1n) is 3.45. The molecule has 1 unspecified atom stereocenters. The van der Waals surface area contributed by atoms with Gasteiger partial charge in [0.1, 0.15) is 0 Å². The molecule has 0 radical (unpaired) electrons. The van der Waals surface area contributed by atoms with Crippen molar-refractivity contribution >= 4 is 12.6 Å². The molecule has 0 aliphatic carbocycles. The lowest BCUT2D eigenvalue weighted by molar-refractivity contribution is 1.10. The summed E-state index contributed by atoms with van der Waals surface area (Å²) in [5, 5.41) is 0.347. The fraction of sp³-hybridized carbons (Fsp3) is 0.333. The van der Waals surface area contributed by atoms with E-state index >= 15 is 0 Å². The summed E-state index contributed by atoms with van der Waals surface area (Å²) in [7, 11) is 0. The van der Waals surface area contributed by atoms with Crippen LogP contribution in [0.4, 0.5) is 0 Å². The second-order valence-corrected chi connectivity index (χ2v) is 3.36. The third kappa shape index (κ3) is 1.77. The molecule has 0 amide bonds. The second-order valence-electron chi connectivity index (χ2n) is 2.59. The van der Waals surface area contributed by atoms with Crippen LogP contribution >= 0.6 is 12.6 Å². The number of aryl methyl sites for hydroxylation is 1. The van der Waals surface area contributed by atoms with E-state index in [-0.39, 0.29) is 0 Å². The van der Waals surface area contributed by atoms with Crippen LogP contribution in [-0.4, -0.2) is 0 Å². The van der Waals surface area contributed by atoms with Crippen molar-refractivity contribution in [2.24, 2.45) is 0 Å². The Bertz CT molecular complexity index is 216. The average Bonchev–Trinajstić information content (AvgIpc) is 1.88. The highest BCUT2D eigenvalue weighted by molar-refractivity contribution is 7.80. The van der Waals surface area contributed by atoms with Crippen molar-refractivity contribution < 1.29 is 0 Å². The molecule has 0 spiro atoms. The van der Waals surface area contributed by atoms with Crippen molar-refractivity contribution in [3.63, 3.8) is 0 Å². The summed E-state index contributed by atoms with van der Waals surface area (Å²) in [6.45, 7) is 4.18. The molecule has 0 aliphatic heterocycles. The summed E-state index contributed by atoms with van der Waals surface area (Å²) in [5.74, 6) is 0. The van der Waals surface area contributed by atoms with Gasteiger partial charge in [-0.3, -0.25) is 0 Å². The molecule has 0 nitrogen and oxygen atoms in total. The smallest absolute Gasteiger partial charge is 0.0238 e. The highest BCUT2D eigenvalue weighted by atomic mass is 32.1. The Labute approximate surface area is 67.7 Å². The van der Waals surface area contributed by atoms with Crippen molar-refractivity contribution in [3.8, 4) is 0 Å². The topological polar surface area (TPSA) is 0 Å². The molecule has 0 N–H and O–H groups in total. The van der Waals surface area contributed by atoms with Gasteiger partial charge in [0, 0.05) is 5.25 Å². The van der Waals surface area contributed by atoms with E-state index in [2.05, 4.69) is 50.7 Å². The first-order valence-corrected chi connectivity index (χ1v) is 3.96. The van der Waals surface area contributed by atoms with E-state index in [0.29, 0.717) is 5.25 Å². The number of hydrogen-bond acceptors (Lipinski definition) is 1. The van der Waals surface area contributed by atoms with E-state index in [9.17, 15) is 0 Å². The number of hydrogen-bond donors (Lipinski definition) is 1. The van der Waals surface area contributed by atoms with Gasteiger partial charge >= 0.3 is 0 Å². The Morgan fingerprint density at radius 3 is 2.50 bits per heavy atom. The average molecular weight is 152 g/mol. The molecule has 0 bridgehead atoms. The van der Waals surface area contributed by atoms with Crippen LogP contribution < -0.4 is 0 Å². The Kier molecular flexibility index (Phi) is 2.39. The Balaban J connectivity index is 2.96. The predicted octanol–water partition coefficient (Wildman–Crippen LogP) is 2.99. The normalized spacial score (nSPS) is 13.1. The molecular formula is C9H12S. The minimum atomic E-state index is 0.347. The zero-order chi connectivity index (χ0) is 7.56. The van der Waals surface area contributed by atoms with Gasteiger partial charge in [-0.05, 0) is 19.4 Å². The van der Waals surface area contributed by atoms with Crippen molar-refractivity contribution in [2.75, 3.05) is 0 Å². The largest absolute Gasteiger partial charge is 0.171 e. The monoisotopic (exact) mass is 152 g/mol. The van der Waals surface area contributed by atoms with Crippen LogP contribution in [0, 0.1) is 6.92 Å². The molecule has 0 fully saturated rings. The van der Waals surface area contributed by atoms with Gasteiger partial charge in [-0.1, -0.05) is 29.8 Å². The summed E-state index contributed by atoms with van der Waals surface area (Å²) < 4.78 is 0. The van der Waals surface area contributed by atoms with E-state index in [0.717, 1.165) is 0 Å². The van der Waals surface area contributed by atoms with E-state index in [1.54, 1.807) is 0 Å². The standard InChI is InChI=1S/C9H12S/c1-7-4-3-5-9(6-7)8(2)10/h3-6,8,10H,1-2H3. The van der Waals surface area contributed by atoms with Gasteiger partial charge in [0.2, 0.25) is 0 Å². The molecule has 10 heavy (non-hydrogen) atoms. The molecular weight excluding hydrogens is 140 g/mol. The third-order valence-corrected chi connectivity index (χ3v) is 1.82. The summed E-state index contributed by atoms with van der Waals surface area (Å²) >= 11 is 4.33. The van der Waals surface area contributed by atoms with E-state index < -0.39 is 0 Å². The van der Waals surface area contributed by atoms with Gasteiger partial charge in [0.25, 0.3) is 0 Å². The SMILES string of the molecule is Cc1cccc(C(C)S)c1. The molecule has 54 valence electrons. The van der Waals surface area contributed by atoms with Crippen LogP contribution in [0.2, 0.25) is 0 Å². The van der Waals surface area contributed by atoms with Crippen LogP contribution in [0.5, 0.6) is 0 Å².